The molecule has 0 unspecified atom stereocenters. The van der Waals surface area contributed by atoms with E-state index in [0.29, 0.717) is 6.54 Å². The number of halogens is 1. The molecular formula is C16H23BrN2O5S. The van der Waals surface area contributed by atoms with E-state index in [0.717, 1.165) is 16.4 Å². The van der Waals surface area contributed by atoms with Gasteiger partial charge >= 0.3 is 12.0 Å². The third-order valence-corrected chi connectivity index (χ3v) is 6.64. The van der Waals surface area contributed by atoms with Crippen molar-refractivity contribution in [1.29, 1.82) is 0 Å². The zero-order chi connectivity index (χ0) is 19.2. The maximum Gasteiger partial charge on any atom is 0.328 e. The molecule has 0 saturated heterocycles. The summed E-state index contributed by atoms with van der Waals surface area (Å²) in [6, 6.07) is 1.60. The number of carbonyl (C=O) groups excluding carboxylic acids is 2. The molecule has 0 bridgehead atoms. The summed E-state index contributed by atoms with van der Waals surface area (Å²) in [5, 5.41) is 0. The van der Waals surface area contributed by atoms with Crippen molar-refractivity contribution in [2.75, 3.05) is 12.8 Å². The topological polar surface area (TPSA) is 85.7 Å². The molecule has 0 spiro atoms. The molecule has 1 atom stereocenters. The van der Waals surface area contributed by atoms with Gasteiger partial charge in [0.15, 0.2) is 14.6 Å². The van der Waals surface area contributed by atoms with Crippen LogP contribution in [0.3, 0.4) is 0 Å². The molecule has 2 heterocycles. The van der Waals surface area contributed by atoms with E-state index < -0.39 is 26.2 Å². The van der Waals surface area contributed by atoms with E-state index in [-0.39, 0.29) is 19.0 Å². The summed E-state index contributed by atoms with van der Waals surface area (Å²) in [7, 11) is -3.73. The van der Waals surface area contributed by atoms with Crippen LogP contribution in [0.1, 0.15) is 39.8 Å². The molecule has 0 radical (unpaired) electrons. The van der Waals surface area contributed by atoms with Crippen LogP contribution in [0.15, 0.2) is 16.7 Å². The van der Waals surface area contributed by atoms with Gasteiger partial charge in [0.05, 0.1) is 6.54 Å². The zero-order valence-electron chi connectivity index (χ0n) is 15.0. The molecule has 9 heteroatoms. The number of hydrogen-bond acceptors (Lipinski definition) is 5. The van der Waals surface area contributed by atoms with Crippen LogP contribution in [0.2, 0.25) is 0 Å². The number of fused-ring (bicyclic) bond motifs is 1. The third-order valence-electron chi connectivity index (χ3n) is 4.20. The number of ether oxygens (including phenoxy) is 1. The van der Waals surface area contributed by atoms with E-state index in [9.17, 15) is 18.0 Å². The third kappa shape index (κ3) is 4.08. The first kappa shape index (κ1) is 20.0. The van der Waals surface area contributed by atoms with Crippen LogP contribution in [0.5, 0.6) is 0 Å². The molecule has 0 N–H and O–H groups in total. The first-order valence-electron chi connectivity index (χ1n) is 7.84. The summed E-state index contributed by atoms with van der Waals surface area (Å²) >= 11 is 3.32. The highest BCUT2D eigenvalue weighted by molar-refractivity contribution is 9.10. The van der Waals surface area contributed by atoms with Gasteiger partial charge in [-0.2, -0.15) is 0 Å². The molecular weight excluding hydrogens is 412 g/mol. The number of rotatable bonds is 5. The molecule has 1 aliphatic heterocycles. The zero-order valence-corrected chi connectivity index (χ0v) is 17.4. The molecule has 0 fully saturated rings. The lowest BCUT2D eigenvalue weighted by Crippen LogP contribution is -2.49. The van der Waals surface area contributed by atoms with Crippen molar-refractivity contribution < 1.29 is 22.7 Å². The van der Waals surface area contributed by atoms with Crippen LogP contribution in [-0.4, -0.2) is 53.0 Å². The highest BCUT2D eigenvalue weighted by Gasteiger charge is 2.47. The summed E-state index contributed by atoms with van der Waals surface area (Å²) in [6.45, 7) is 6.92. The standard InChI is InChI=1S/C16H23BrN2O5S/c1-15(2,3)24-13(20)16(4,25(5,22)23)6-7-18-10-12-8-11(17)9-19(12)14(18)21/h8-9H,6-7,10H2,1-5H3/t16-/m1/s1. The van der Waals surface area contributed by atoms with Crippen LogP contribution in [0.4, 0.5) is 4.79 Å². The number of aromatic nitrogens is 1. The van der Waals surface area contributed by atoms with Gasteiger partial charge in [0, 0.05) is 29.2 Å². The molecule has 1 aromatic rings. The fourth-order valence-electron chi connectivity index (χ4n) is 2.54. The SMILES string of the molecule is CC(C)(C)OC(=O)[C@@](C)(CCN1Cc2cc(Br)cn2C1=O)S(C)(=O)=O. The lowest BCUT2D eigenvalue weighted by molar-refractivity contribution is -0.157. The van der Waals surface area contributed by atoms with Crippen LogP contribution in [0.25, 0.3) is 0 Å². The second-order valence-electron chi connectivity index (χ2n) is 7.48. The quantitative estimate of drug-likeness (QED) is 0.664. The molecule has 140 valence electrons. The van der Waals surface area contributed by atoms with Crippen molar-refractivity contribution >= 4 is 37.8 Å². The maximum absolute atomic E-state index is 12.5. The fraction of sp³-hybridized carbons (Fsp3) is 0.625. The molecule has 7 nitrogen and oxygen atoms in total. The summed E-state index contributed by atoms with van der Waals surface area (Å²) in [4.78, 5) is 26.4. The lowest BCUT2D eigenvalue weighted by atomic mass is 10.1. The van der Waals surface area contributed by atoms with E-state index in [1.807, 2.05) is 6.07 Å². The fourth-order valence-corrected chi connectivity index (χ4v) is 3.81. The minimum atomic E-state index is -3.73. The Kier molecular flexibility index (Phi) is 5.13. The van der Waals surface area contributed by atoms with Crippen molar-refractivity contribution in [2.24, 2.45) is 0 Å². The number of sulfone groups is 1. The van der Waals surface area contributed by atoms with Crippen molar-refractivity contribution in [1.82, 2.24) is 9.47 Å². The number of esters is 1. The van der Waals surface area contributed by atoms with E-state index in [1.165, 1.54) is 16.4 Å². The van der Waals surface area contributed by atoms with Gasteiger partial charge in [-0.1, -0.05) is 0 Å². The van der Waals surface area contributed by atoms with Gasteiger partial charge in [-0.3, -0.25) is 9.36 Å². The Labute approximate surface area is 156 Å². The Balaban J connectivity index is 2.16. The monoisotopic (exact) mass is 434 g/mol. The molecule has 1 aromatic heterocycles. The Morgan fingerprint density at radius 1 is 1.32 bits per heavy atom. The minimum Gasteiger partial charge on any atom is -0.459 e. The number of carbonyl (C=O) groups is 2. The maximum atomic E-state index is 12.5. The molecule has 0 saturated carbocycles. The van der Waals surface area contributed by atoms with Crippen LogP contribution < -0.4 is 0 Å². The Morgan fingerprint density at radius 3 is 2.40 bits per heavy atom. The van der Waals surface area contributed by atoms with Crippen LogP contribution in [0, 0.1) is 0 Å². The number of nitrogens with zero attached hydrogens (tertiary/aromatic N) is 2. The largest absolute Gasteiger partial charge is 0.459 e. The first-order chi connectivity index (χ1) is 11.2. The van der Waals surface area contributed by atoms with Crippen molar-refractivity contribution in [3.63, 3.8) is 0 Å². The minimum absolute atomic E-state index is 0.0293. The Morgan fingerprint density at radius 2 is 1.92 bits per heavy atom. The van der Waals surface area contributed by atoms with Crippen molar-refractivity contribution in [3.05, 3.63) is 22.4 Å². The Hall–Kier alpha value is -1.35. The first-order valence-corrected chi connectivity index (χ1v) is 10.5. The summed E-state index contributed by atoms with van der Waals surface area (Å²) < 4.78 is 30.4. The normalized spacial score (nSPS) is 17.4. The van der Waals surface area contributed by atoms with E-state index >= 15 is 0 Å². The second kappa shape index (κ2) is 6.42. The van der Waals surface area contributed by atoms with Gasteiger partial charge in [-0.15, -0.1) is 0 Å². The smallest absolute Gasteiger partial charge is 0.328 e. The van der Waals surface area contributed by atoms with E-state index in [2.05, 4.69) is 15.9 Å². The summed E-state index contributed by atoms with van der Waals surface area (Å²) in [5.74, 6) is -0.795. The van der Waals surface area contributed by atoms with Crippen molar-refractivity contribution in [2.45, 2.75) is 51.0 Å². The molecule has 1 amide bonds. The predicted molar refractivity (Wildman–Crippen MR) is 97.0 cm³/mol. The highest BCUT2D eigenvalue weighted by Crippen LogP contribution is 2.28. The van der Waals surface area contributed by atoms with E-state index in [1.54, 1.807) is 27.0 Å². The Bertz CT molecular complexity index is 809. The average molecular weight is 435 g/mol. The molecule has 25 heavy (non-hydrogen) atoms. The van der Waals surface area contributed by atoms with Gasteiger partial charge in [0.1, 0.15) is 5.60 Å². The summed E-state index contributed by atoms with van der Waals surface area (Å²) in [6.07, 6.45) is 2.66. The van der Waals surface area contributed by atoms with E-state index in [4.69, 9.17) is 4.74 Å². The molecule has 2 rings (SSSR count). The second-order valence-corrected chi connectivity index (χ2v) is 10.8. The van der Waals surface area contributed by atoms with Crippen molar-refractivity contribution in [3.8, 4) is 0 Å². The van der Waals surface area contributed by atoms with Gasteiger partial charge in [-0.05, 0) is 56.1 Å². The van der Waals surface area contributed by atoms with Crippen LogP contribution in [-0.2, 0) is 25.9 Å². The summed E-state index contributed by atoms with van der Waals surface area (Å²) in [5.41, 5.74) is 0.0205. The van der Waals surface area contributed by atoms with Gasteiger partial charge in [0.2, 0.25) is 0 Å². The molecule has 1 aliphatic rings. The average Bonchev–Trinajstić information content (AvgIpc) is 2.91. The lowest BCUT2D eigenvalue weighted by Gasteiger charge is -2.31. The van der Waals surface area contributed by atoms with Gasteiger partial charge < -0.3 is 9.64 Å². The number of hydrogen-bond donors (Lipinski definition) is 0. The highest BCUT2D eigenvalue weighted by atomic mass is 79.9. The molecule has 0 aliphatic carbocycles. The predicted octanol–water partition coefficient (Wildman–Crippen LogP) is 2.57. The number of amides is 1. The van der Waals surface area contributed by atoms with Gasteiger partial charge in [0.25, 0.3) is 0 Å². The van der Waals surface area contributed by atoms with Gasteiger partial charge in [-0.25, -0.2) is 13.2 Å². The van der Waals surface area contributed by atoms with Crippen LogP contribution >= 0.6 is 15.9 Å². The molecule has 0 aromatic carbocycles.